The molecule has 1 saturated carbocycles. The van der Waals surface area contributed by atoms with Crippen molar-refractivity contribution in [2.45, 2.75) is 50.2 Å². The molecule has 0 aromatic rings. The third kappa shape index (κ3) is 2.69. The van der Waals surface area contributed by atoms with Gasteiger partial charge in [0.05, 0.1) is 11.7 Å². The average Bonchev–Trinajstić information content (AvgIpc) is 2.67. The van der Waals surface area contributed by atoms with Gasteiger partial charge in [-0.1, -0.05) is 12.8 Å². The van der Waals surface area contributed by atoms with Crippen LogP contribution in [0, 0.1) is 0 Å². The largest absolute Gasteiger partial charge is 0.390 e. The second kappa shape index (κ2) is 5.69. The minimum absolute atomic E-state index is 0.256. The normalized spacial score (nSPS) is 22.5. The van der Waals surface area contributed by atoms with E-state index in [1.807, 2.05) is 0 Å². The Morgan fingerprint density at radius 3 is 2.43 bits per heavy atom. The number of aliphatic hydroxyl groups excluding tert-OH is 1. The first kappa shape index (κ1) is 12.0. The number of hydrogen-bond donors (Lipinski definition) is 1. The fourth-order valence-electron chi connectivity index (χ4n) is 2.33. The molecule has 0 amide bonds. The summed E-state index contributed by atoms with van der Waals surface area (Å²) in [6.07, 6.45) is 5.70. The van der Waals surface area contributed by atoms with Crippen molar-refractivity contribution in [2.24, 2.45) is 0 Å². The maximum absolute atomic E-state index is 10.0. The number of rotatable bonds is 6. The summed E-state index contributed by atoms with van der Waals surface area (Å²) in [6, 6.07) is 0. The summed E-state index contributed by atoms with van der Waals surface area (Å²) < 4.78 is 10.5. The quantitative estimate of drug-likeness (QED) is 0.667. The van der Waals surface area contributed by atoms with Crippen molar-refractivity contribution < 1.29 is 14.6 Å². The molecule has 1 N–H and O–H groups in total. The lowest BCUT2D eigenvalue weighted by molar-refractivity contribution is -0.102. The van der Waals surface area contributed by atoms with Crippen LogP contribution in [-0.4, -0.2) is 37.6 Å². The van der Waals surface area contributed by atoms with E-state index in [0.717, 1.165) is 32.3 Å². The zero-order valence-electron chi connectivity index (χ0n) is 9.29. The fourth-order valence-corrected chi connectivity index (χ4v) is 2.33. The summed E-state index contributed by atoms with van der Waals surface area (Å²) in [5.41, 5.74) is -0.256. The Hall–Kier alpha value is -0.120. The Morgan fingerprint density at radius 1 is 1.29 bits per heavy atom. The first-order chi connectivity index (χ1) is 6.75. The molecule has 14 heavy (non-hydrogen) atoms. The number of hydrogen-bond acceptors (Lipinski definition) is 3. The predicted octanol–water partition coefficient (Wildman–Crippen LogP) is 1.73. The minimum atomic E-state index is -0.329. The summed E-state index contributed by atoms with van der Waals surface area (Å²) >= 11 is 0. The van der Waals surface area contributed by atoms with E-state index in [4.69, 9.17) is 9.47 Å². The molecule has 1 aliphatic rings. The lowest BCUT2D eigenvalue weighted by Crippen LogP contribution is -2.41. The molecule has 3 heteroatoms. The van der Waals surface area contributed by atoms with Crippen LogP contribution in [0.5, 0.6) is 0 Å². The summed E-state index contributed by atoms with van der Waals surface area (Å²) in [7, 11) is 3.40. The molecule has 0 aromatic heterocycles. The van der Waals surface area contributed by atoms with Crippen molar-refractivity contribution in [3.63, 3.8) is 0 Å². The first-order valence-corrected chi connectivity index (χ1v) is 5.47. The Morgan fingerprint density at radius 2 is 1.93 bits per heavy atom. The zero-order chi connectivity index (χ0) is 10.4. The molecule has 1 aliphatic carbocycles. The van der Waals surface area contributed by atoms with Gasteiger partial charge < -0.3 is 14.6 Å². The van der Waals surface area contributed by atoms with E-state index >= 15 is 0 Å². The molecule has 0 aromatic carbocycles. The van der Waals surface area contributed by atoms with Gasteiger partial charge in [0.2, 0.25) is 0 Å². The molecule has 0 bridgehead atoms. The third-order valence-corrected chi connectivity index (χ3v) is 3.29. The monoisotopic (exact) mass is 202 g/mol. The molecule has 0 heterocycles. The Kier molecular flexibility index (Phi) is 4.85. The Bertz CT molecular complexity index is 153. The van der Waals surface area contributed by atoms with Crippen LogP contribution in [0.25, 0.3) is 0 Å². The van der Waals surface area contributed by atoms with Crippen molar-refractivity contribution in [2.75, 3.05) is 20.8 Å². The van der Waals surface area contributed by atoms with Gasteiger partial charge >= 0.3 is 0 Å². The van der Waals surface area contributed by atoms with Gasteiger partial charge in [-0.25, -0.2) is 0 Å². The van der Waals surface area contributed by atoms with Crippen molar-refractivity contribution in [3.05, 3.63) is 0 Å². The van der Waals surface area contributed by atoms with E-state index in [-0.39, 0.29) is 11.7 Å². The van der Waals surface area contributed by atoms with E-state index in [2.05, 4.69) is 0 Å². The van der Waals surface area contributed by atoms with Crippen LogP contribution in [-0.2, 0) is 9.47 Å². The van der Waals surface area contributed by atoms with Crippen LogP contribution in [0.2, 0.25) is 0 Å². The van der Waals surface area contributed by atoms with Crippen molar-refractivity contribution >= 4 is 0 Å². The van der Waals surface area contributed by atoms with Crippen molar-refractivity contribution in [1.82, 2.24) is 0 Å². The highest BCUT2D eigenvalue weighted by Crippen LogP contribution is 2.36. The summed E-state index contributed by atoms with van der Waals surface area (Å²) in [5, 5.41) is 10.0. The molecule has 84 valence electrons. The van der Waals surface area contributed by atoms with Gasteiger partial charge in [-0.2, -0.15) is 0 Å². The van der Waals surface area contributed by atoms with E-state index in [1.54, 1.807) is 14.2 Å². The molecule has 1 rings (SSSR count). The highest BCUT2D eigenvalue weighted by molar-refractivity contribution is 4.92. The lowest BCUT2D eigenvalue weighted by atomic mass is 9.91. The van der Waals surface area contributed by atoms with Gasteiger partial charge in [-0.3, -0.25) is 0 Å². The van der Waals surface area contributed by atoms with Gasteiger partial charge in [0.1, 0.15) is 0 Å². The van der Waals surface area contributed by atoms with E-state index in [1.165, 1.54) is 12.8 Å². The fraction of sp³-hybridized carbons (Fsp3) is 1.00. The minimum Gasteiger partial charge on any atom is -0.390 e. The highest BCUT2D eigenvalue weighted by atomic mass is 16.5. The second-order valence-corrected chi connectivity index (χ2v) is 4.13. The maximum atomic E-state index is 10.0. The molecule has 0 radical (unpaired) electrons. The van der Waals surface area contributed by atoms with Crippen LogP contribution < -0.4 is 0 Å². The van der Waals surface area contributed by atoms with Crippen molar-refractivity contribution in [1.29, 1.82) is 0 Å². The van der Waals surface area contributed by atoms with Gasteiger partial charge in [0.15, 0.2) is 0 Å². The van der Waals surface area contributed by atoms with E-state index in [0.29, 0.717) is 0 Å². The Balaban J connectivity index is 2.35. The van der Waals surface area contributed by atoms with Gasteiger partial charge in [-0.05, 0) is 25.7 Å². The molecule has 3 nitrogen and oxygen atoms in total. The average molecular weight is 202 g/mol. The SMILES string of the molecule is COCCCC(O)C1(OC)CCCC1. The molecular weight excluding hydrogens is 180 g/mol. The van der Waals surface area contributed by atoms with Crippen LogP contribution in [0.3, 0.4) is 0 Å². The summed E-state index contributed by atoms with van der Waals surface area (Å²) in [5.74, 6) is 0. The number of methoxy groups -OCH3 is 2. The topological polar surface area (TPSA) is 38.7 Å². The molecule has 0 aliphatic heterocycles. The van der Waals surface area contributed by atoms with Gasteiger partial charge in [0, 0.05) is 20.8 Å². The third-order valence-electron chi connectivity index (χ3n) is 3.29. The predicted molar refractivity (Wildman–Crippen MR) is 55.3 cm³/mol. The van der Waals surface area contributed by atoms with Crippen LogP contribution in [0.15, 0.2) is 0 Å². The zero-order valence-corrected chi connectivity index (χ0v) is 9.29. The van der Waals surface area contributed by atoms with Gasteiger partial charge in [0.25, 0.3) is 0 Å². The second-order valence-electron chi connectivity index (χ2n) is 4.13. The van der Waals surface area contributed by atoms with Crippen LogP contribution in [0.1, 0.15) is 38.5 Å². The molecule has 0 spiro atoms. The number of aliphatic hydroxyl groups is 1. The standard InChI is InChI=1S/C11H22O3/c1-13-9-5-6-10(12)11(14-2)7-3-4-8-11/h10,12H,3-9H2,1-2H3. The summed E-state index contributed by atoms with van der Waals surface area (Å²) in [6.45, 7) is 0.719. The van der Waals surface area contributed by atoms with Crippen LogP contribution >= 0.6 is 0 Å². The molecular formula is C11H22O3. The molecule has 0 saturated heterocycles. The van der Waals surface area contributed by atoms with Crippen molar-refractivity contribution in [3.8, 4) is 0 Å². The smallest absolute Gasteiger partial charge is 0.0936 e. The number of ether oxygens (including phenoxy) is 2. The van der Waals surface area contributed by atoms with Gasteiger partial charge in [-0.15, -0.1) is 0 Å². The molecule has 1 unspecified atom stereocenters. The Labute approximate surface area is 86.4 Å². The summed E-state index contributed by atoms with van der Waals surface area (Å²) in [4.78, 5) is 0. The maximum Gasteiger partial charge on any atom is 0.0936 e. The first-order valence-electron chi connectivity index (χ1n) is 5.47. The van der Waals surface area contributed by atoms with E-state index in [9.17, 15) is 5.11 Å². The van der Waals surface area contributed by atoms with Crippen LogP contribution in [0.4, 0.5) is 0 Å². The highest BCUT2D eigenvalue weighted by Gasteiger charge is 2.40. The molecule has 1 fully saturated rings. The molecule has 1 atom stereocenters. The van der Waals surface area contributed by atoms with E-state index < -0.39 is 0 Å². The lowest BCUT2D eigenvalue weighted by Gasteiger charge is -2.32.